The summed E-state index contributed by atoms with van der Waals surface area (Å²) in [5.74, 6) is 0.882. The van der Waals surface area contributed by atoms with Crippen molar-refractivity contribution in [2.45, 2.75) is 26.2 Å². The van der Waals surface area contributed by atoms with Crippen LogP contribution in [0, 0.1) is 5.92 Å². The van der Waals surface area contributed by atoms with Crippen LogP contribution in [-0.2, 0) is 0 Å². The molecule has 0 aromatic heterocycles. The van der Waals surface area contributed by atoms with E-state index in [4.69, 9.17) is 0 Å². The van der Waals surface area contributed by atoms with E-state index in [1.807, 2.05) is 0 Å². The van der Waals surface area contributed by atoms with E-state index in [0.29, 0.717) is 0 Å². The minimum atomic E-state index is 0.882. The maximum atomic E-state index is 4.01. The van der Waals surface area contributed by atoms with E-state index in [1.165, 1.54) is 31.5 Å². The fraction of sp³-hybridized carbons (Fsp3) is 0.778. The van der Waals surface area contributed by atoms with E-state index in [0.717, 1.165) is 12.3 Å². The Bertz CT molecular complexity index is 112. The maximum Gasteiger partial charge on any atom is -0.00170 e. The second-order valence-electron chi connectivity index (χ2n) is 3.17. The predicted molar refractivity (Wildman–Crippen MR) is 45.0 cm³/mol. The van der Waals surface area contributed by atoms with Gasteiger partial charge in [0.1, 0.15) is 0 Å². The quantitative estimate of drug-likeness (QED) is 0.589. The molecule has 0 aromatic carbocycles. The monoisotopic (exact) mass is 139 g/mol. The summed E-state index contributed by atoms with van der Waals surface area (Å²) >= 11 is 0. The van der Waals surface area contributed by atoms with Gasteiger partial charge in [0.05, 0.1) is 0 Å². The van der Waals surface area contributed by atoms with Crippen LogP contribution in [0.15, 0.2) is 12.2 Å². The largest absolute Gasteiger partial charge is 0.316 e. The summed E-state index contributed by atoms with van der Waals surface area (Å²) in [5, 5.41) is 3.36. The number of hydrogen-bond donors (Lipinski definition) is 1. The molecule has 0 amide bonds. The van der Waals surface area contributed by atoms with E-state index < -0.39 is 0 Å². The second-order valence-corrected chi connectivity index (χ2v) is 3.17. The molecule has 1 N–H and O–H groups in total. The first-order valence-electron chi connectivity index (χ1n) is 4.20. The molecule has 1 rings (SSSR count). The van der Waals surface area contributed by atoms with Gasteiger partial charge in [-0.25, -0.2) is 0 Å². The van der Waals surface area contributed by atoms with Crippen LogP contribution in [0.25, 0.3) is 0 Å². The molecule has 10 heavy (non-hydrogen) atoms. The Kier molecular flexibility index (Phi) is 2.94. The first-order valence-corrected chi connectivity index (χ1v) is 4.20. The summed E-state index contributed by atoms with van der Waals surface area (Å²) in [4.78, 5) is 0. The summed E-state index contributed by atoms with van der Waals surface area (Å²) in [6.07, 6.45) is 3.74. The van der Waals surface area contributed by atoms with Crippen molar-refractivity contribution in [2.24, 2.45) is 5.92 Å². The van der Waals surface area contributed by atoms with Gasteiger partial charge in [0.2, 0.25) is 0 Å². The van der Waals surface area contributed by atoms with Gasteiger partial charge in [0.15, 0.2) is 0 Å². The average molecular weight is 139 g/mol. The van der Waals surface area contributed by atoms with Crippen molar-refractivity contribution in [3.63, 3.8) is 0 Å². The van der Waals surface area contributed by atoms with Gasteiger partial charge in [-0.05, 0) is 38.3 Å². The van der Waals surface area contributed by atoms with Gasteiger partial charge >= 0.3 is 0 Å². The van der Waals surface area contributed by atoms with Crippen molar-refractivity contribution >= 4 is 0 Å². The summed E-state index contributed by atoms with van der Waals surface area (Å²) in [6, 6.07) is 0. The molecule has 58 valence electrons. The van der Waals surface area contributed by atoms with Crippen molar-refractivity contribution in [3.8, 4) is 0 Å². The lowest BCUT2D eigenvalue weighted by atomic mass is 9.98. The van der Waals surface area contributed by atoms with Gasteiger partial charge < -0.3 is 5.32 Å². The average Bonchev–Trinajstić information content (AvgIpc) is 2.40. The molecule has 1 nitrogen and oxygen atoms in total. The number of rotatable bonds is 3. The van der Waals surface area contributed by atoms with Gasteiger partial charge in [0.25, 0.3) is 0 Å². The van der Waals surface area contributed by atoms with Gasteiger partial charge in [-0.3, -0.25) is 0 Å². The highest BCUT2D eigenvalue weighted by Gasteiger charge is 2.13. The minimum Gasteiger partial charge on any atom is -0.316 e. The third-order valence-corrected chi connectivity index (χ3v) is 2.24. The zero-order valence-corrected chi connectivity index (χ0v) is 6.82. The number of hydrogen-bond acceptors (Lipinski definition) is 1. The Morgan fingerprint density at radius 2 is 2.50 bits per heavy atom. The molecule has 1 aliphatic heterocycles. The fourth-order valence-corrected chi connectivity index (χ4v) is 1.44. The first-order chi connectivity index (χ1) is 4.83. The Labute approximate surface area is 63.5 Å². The molecule has 0 bridgehead atoms. The molecule has 0 spiro atoms. The molecule has 0 aromatic rings. The van der Waals surface area contributed by atoms with Crippen LogP contribution in [0.2, 0.25) is 0 Å². The molecule has 1 unspecified atom stereocenters. The van der Waals surface area contributed by atoms with Crippen LogP contribution in [-0.4, -0.2) is 13.1 Å². The summed E-state index contributed by atoms with van der Waals surface area (Å²) in [7, 11) is 0. The van der Waals surface area contributed by atoms with Crippen molar-refractivity contribution in [1.82, 2.24) is 5.32 Å². The van der Waals surface area contributed by atoms with E-state index in [9.17, 15) is 0 Å². The fourth-order valence-electron chi connectivity index (χ4n) is 1.44. The zero-order chi connectivity index (χ0) is 7.40. The maximum absolute atomic E-state index is 4.01. The predicted octanol–water partition coefficient (Wildman–Crippen LogP) is 1.95. The van der Waals surface area contributed by atoms with Crippen LogP contribution in [0.5, 0.6) is 0 Å². The molecule has 1 atom stereocenters. The van der Waals surface area contributed by atoms with E-state index in [2.05, 4.69) is 18.8 Å². The number of allylic oxidation sites excluding steroid dienone is 1. The third kappa shape index (κ3) is 2.14. The lowest BCUT2D eigenvalue weighted by Crippen LogP contribution is -2.09. The standard InChI is InChI=1S/C9H17N/c1-3-8(2)6-9-4-5-10-7-9/h9-10H,2-7H2,1H3. The lowest BCUT2D eigenvalue weighted by molar-refractivity contribution is 0.570. The molecule has 0 aliphatic carbocycles. The van der Waals surface area contributed by atoms with Crippen molar-refractivity contribution in [3.05, 3.63) is 12.2 Å². The zero-order valence-electron chi connectivity index (χ0n) is 6.82. The van der Waals surface area contributed by atoms with Crippen LogP contribution in [0.4, 0.5) is 0 Å². The molecular weight excluding hydrogens is 122 g/mol. The van der Waals surface area contributed by atoms with E-state index in [-0.39, 0.29) is 0 Å². The van der Waals surface area contributed by atoms with Gasteiger partial charge in [-0.2, -0.15) is 0 Å². The first kappa shape index (κ1) is 7.80. The Morgan fingerprint density at radius 3 is 3.00 bits per heavy atom. The normalized spacial score (nSPS) is 25.1. The summed E-state index contributed by atoms with van der Waals surface area (Å²) in [6.45, 7) is 8.61. The van der Waals surface area contributed by atoms with Crippen LogP contribution in [0.1, 0.15) is 26.2 Å². The SMILES string of the molecule is C=C(CC)CC1CCNC1. The summed E-state index contributed by atoms with van der Waals surface area (Å²) in [5.41, 5.74) is 1.41. The van der Waals surface area contributed by atoms with Crippen LogP contribution < -0.4 is 5.32 Å². The number of nitrogens with one attached hydrogen (secondary N) is 1. The van der Waals surface area contributed by atoms with Gasteiger partial charge in [-0.1, -0.05) is 19.1 Å². The highest BCUT2D eigenvalue weighted by Crippen LogP contribution is 2.18. The van der Waals surface area contributed by atoms with E-state index in [1.54, 1.807) is 0 Å². The minimum absolute atomic E-state index is 0.882. The van der Waals surface area contributed by atoms with Crippen molar-refractivity contribution in [1.29, 1.82) is 0 Å². The molecule has 1 aliphatic rings. The topological polar surface area (TPSA) is 12.0 Å². The highest BCUT2D eigenvalue weighted by molar-refractivity contribution is 4.95. The molecule has 0 saturated carbocycles. The highest BCUT2D eigenvalue weighted by atomic mass is 14.9. The molecule has 0 radical (unpaired) electrons. The van der Waals surface area contributed by atoms with Crippen LogP contribution in [0.3, 0.4) is 0 Å². The molecular formula is C9H17N. The smallest absolute Gasteiger partial charge is 0.00170 e. The van der Waals surface area contributed by atoms with Gasteiger partial charge in [0, 0.05) is 0 Å². The Hall–Kier alpha value is -0.300. The van der Waals surface area contributed by atoms with Gasteiger partial charge in [-0.15, -0.1) is 0 Å². The Morgan fingerprint density at radius 1 is 1.70 bits per heavy atom. The molecule has 1 saturated heterocycles. The van der Waals surface area contributed by atoms with Crippen molar-refractivity contribution < 1.29 is 0 Å². The van der Waals surface area contributed by atoms with Crippen LogP contribution >= 0.6 is 0 Å². The Balaban J connectivity index is 2.17. The molecule has 1 fully saturated rings. The second kappa shape index (κ2) is 3.77. The lowest BCUT2D eigenvalue weighted by Gasteiger charge is -2.07. The summed E-state index contributed by atoms with van der Waals surface area (Å²) < 4.78 is 0. The molecule has 1 heterocycles. The van der Waals surface area contributed by atoms with E-state index >= 15 is 0 Å². The molecule has 1 heteroatoms. The third-order valence-electron chi connectivity index (χ3n) is 2.24. The van der Waals surface area contributed by atoms with Crippen molar-refractivity contribution in [2.75, 3.05) is 13.1 Å².